The number of carbonyl (C=O) groups is 1. The summed E-state index contributed by atoms with van der Waals surface area (Å²) in [6.07, 6.45) is 3.34. The first kappa shape index (κ1) is 12.0. The minimum atomic E-state index is -1.23. The predicted molar refractivity (Wildman–Crippen MR) is 72.9 cm³/mol. The number of halogens is 1. The maximum Gasteiger partial charge on any atom is 0.341 e. The Morgan fingerprint density at radius 2 is 2.11 bits per heavy atom. The van der Waals surface area contributed by atoms with Gasteiger partial charge in [-0.25, -0.2) is 4.79 Å². The molecule has 1 aromatic heterocycles. The lowest BCUT2D eigenvalue weighted by Gasteiger charge is -2.12. The molecular weight excluding hydrogens is 268 g/mol. The summed E-state index contributed by atoms with van der Waals surface area (Å²) >= 11 is 5.92. The van der Waals surface area contributed by atoms with Gasteiger partial charge in [-0.1, -0.05) is 11.6 Å². The van der Waals surface area contributed by atoms with E-state index in [1.165, 1.54) is 12.3 Å². The van der Waals surface area contributed by atoms with E-state index in [0.29, 0.717) is 16.6 Å². The monoisotopic (exact) mass is 278 g/mol. The minimum absolute atomic E-state index is 0.236. The lowest BCUT2D eigenvalue weighted by molar-refractivity contribution is 0.0695. The molecule has 0 bridgehead atoms. The maximum absolute atomic E-state index is 12.1. The molecule has 98 valence electrons. The number of nitrogens with two attached hydrogens (primary N) is 1. The lowest BCUT2D eigenvalue weighted by Crippen LogP contribution is -2.18. The van der Waals surface area contributed by atoms with Crippen molar-refractivity contribution in [2.45, 2.75) is 18.9 Å². The van der Waals surface area contributed by atoms with Gasteiger partial charge in [-0.15, -0.1) is 0 Å². The molecule has 6 heteroatoms. The molecule has 1 aromatic carbocycles. The molecule has 1 saturated carbocycles. The van der Waals surface area contributed by atoms with Gasteiger partial charge in [-0.05, 0) is 25.0 Å². The van der Waals surface area contributed by atoms with Gasteiger partial charge < -0.3 is 15.4 Å². The van der Waals surface area contributed by atoms with Crippen molar-refractivity contribution in [3.63, 3.8) is 0 Å². The third-order valence-electron chi connectivity index (χ3n) is 3.32. The number of nitrogens with zero attached hydrogens (tertiary/aromatic N) is 1. The molecule has 2 aromatic rings. The van der Waals surface area contributed by atoms with Crippen molar-refractivity contribution in [2.24, 2.45) is 0 Å². The van der Waals surface area contributed by atoms with Gasteiger partial charge >= 0.3 is 5.97 Å². The number of hydrogen-bond acceptors (Lipinski definition) is 3. The second-order valence-electron chi connectivity index (χ2n) is 4.71. The molecule has 3 rings (SSSR count). The number of benzene rings is 1. The van der Waals surface area contributed by atoms with Gasteiger partial charge in [-0.3, -0.25) is 4.79 Å². The predicted octanol–water partition coefficient (Wildman–Crippen LogP) is 2.27. The lowest BCUT2D eigenvalue weighted by atomic mass is 10.1. The van der Waals surface area contributed by atoms with Crippen LogP contribution in [0.1, 0.15) is 29.2 Å². The summed E-state index contributed by atoms with van der Waals surface area (Å²) in [7, 11) is 0. The topological polar surface area (TPSA) is 85.3 Å². The van der Waals surface area contributed by atoms with E-state index >= 15 is 0 Å². The van der Waals surface area contributed by atoms with Crippen LogP contribution in [-0.4, -0.2) is 15.6 Å². The smallest absolute Gasteiger partial charge is 0.341 e. The Morgan fingerprint density at radius 1 is 1.42 bits per heavy atom. The van der Waals surface area contributed by atoms with E-state index < -0.39 is 11.4 Å². The molecule has 1 fully saturated rings. The number of nitrogen functional groups attached to an aromatic ring is 1. The fourth-order valence-electron chi connectivity index (χ4n) is 2.19. The van der Waals surface area contributed by atoms with E-state index in [4.69, 9.17) is 22.4 Å². The number of anilines is 1. The largest absolute Gasteiger partial charge is 0.477 e. The van der Waals surface area contributed by atoms with Crippen LogP contribution in [0.5, 0.6) is 0 Å². The van der Waals surface area contributed by atoms with Crippen LogP contribution >= 0.6 is 11.6 Å². The first-order valence-electron chi connectivity index (χ1n) is 5.86. The highest BCUT2D eigenvalue weighted by Crippen LogP contribution is 2.38. The van der Waals surface area contributed by atoms with Gasteiger partial charge in [0, 0.05) is 17.6 Å². The summed E-state index contributed by atoms with van der Waals surface area (Å²) in [6, 6.07) is 3.31. The van der Waals surface area contributed by atoms with Gasteiger partial charge in [0.2, 0.25) is 5.43 Å². The Kier molecular flexibility index (Phi) is 2.53. The molecule has 0 unspecified atom stereocenters. The van der Waals surface area contributed by atoms with Crippen LogP contribution in [0.4, 0.5) is 5.69 Å². The van der Waals surface area contributed by atoms with Crippen LogP contribution in [0, 0.1) is 0 Å². The zero-order chi connectivity index (χ0) is 13.7. The van der Waals surface area contributed by atoms with Crippen molar-refractivity contribution in [3.8, 4) is 0 Å². The quantitative estimate of drug-likeness (QED) is 0.825. The zero-order valence-corrected chi connectivity index (χ0v) is 10.6. The molecule has 0 spiro atoms. The minimum Gasteiger partial charge on any atom is -0.477 e. The fraction of sp³-hybridized carbons (Fsp3) is 0.231. The van der Waals surface area contributed by atoms with E-state index in [1.54, 1.807) is 6.07 Å². The number of rotatable bonds is 2. The van der Waals surface area contributed by atoms with Gasteiger partial charge in [0.1, 0.15) is 5.56 Å². The summed E-state index contributed by atoms with van der Waals surface area (Å²) in [4.78, 5) is 23.3. The first-order valence-corrected chi connectivity index (χ1v) is 6.24. The van der Waals surface area contributed by atoms with Gasteiger partial charge in [0.05, 0.1) is 16.2 Å². The third kappa shape index (κ3) is 1.86. The summed E-state index contributed by atoms with van der Waals surface area (Å²) < 4.78 is 1.81. The molecule has 0 aliphatic heterocycles. The van der Waals surface area contributed by atoms with Gasteiger partial charge in [-0.2, -0.15) is 0 Å². The van der Waals surface area contributed by atoms with Gasteiger partial charge in [0.15, 0.2) is 0 Å². The van der Waals surface area contributed by atoms with E-state index in [9.17, 15) is 9.59 Å². The van der Waals surface area contributed by atoms with Crippen molar-refractivity contribution in [2.75, 3.05) is 5.73 Å². The number of pyridine rings is 1. The van der Waals surface area contributed by atoms with E-state index in [0.717, 1.165) is 12.8 Å². The highest BCUT2D eigenvalue weighted by Gasteiger charge is 2.27. The Morgan fingerprint density at radius 3 is 2.68 bits per heavy atom. The molecule has 1 heterocycles. The van der Waals surface area contributed by atoms with E-state index in [-0.39, 0.29) is 16.6 Å². The second-order valence-corrected chi connectivity index (χ2v) is 5.11. The summed E-state index contributed by atoms with van der Waals surface area (Å²) in [6.45, 7) is 0. The number of carboxylic acids is 1. The Labute approximate surface area is 113 Å². The molecule has 5 nitrogen and oxygen atoms in total. The van der Waals surface area contributed by atoms with Crippen molar-refractivity contribution in [3.05, 3.63) is 39.1 Å². The van der Waals surface area contributed by atoms with Crippen LogP contribution < -0.4 is 11.2 Å². The number of aromatic carboxylic acids is 1. The summed E-state index contributed by atoms with van der Waals surface area (Å²) in [5.41, 5.74) is 6.02. The number of carboxylic acid groups (broad SMARTS) is 1. The molecule has 0 amide bonds. The Balaban J connectivity index is 2.45. The van der Waals surface area contributed by atoms with Crippen molar-refractivity contribution in [1.29, 1.82) is 0 Å². The van der Waals surface area contributed by atoms with E-state index in [2.05, 4.69) is 0 Å². The van der Waals surface area contributed by atoms with Crippen LogP contribution in [0.2, 0.25) is 5.02 Å². The fourth-order valence-corrected chi connectivity index (χ4v) is 2.36. The molecule has 3 N–H and O–H groups in total. The average molecular weight is 279 g/mol. The molecule has 0 saturated heterocycles. The zero-order valence-electron chi connectivity index (χ0n) is 9.89. The highest BCUT2D eigenvalue weighted by atomic mass is 35.5. The SMILES string of the molecule is Nc1cc2c(cc1Cl)c(=O)c(C(=O)O)cn2C1CC1. The number of aromatic nitrogens is 1. The van der Waals surface area contributed by atoms with Crippen LogP contribution in [0.25, 0.3) is 10.9 Å². The molecule has 19 heavy (non-hydrogen) atoms. The molecular formula is C13H11ClN2O3. The Bertz CT molecular complexity index is 763. The van der Waals surface area contributed by atoms with E-state index in [1.807, 2.05) is 4.57 Å². The van der Waals surface area contributed by atoms with Crippen molar-refractivity contribution >= 4 is 34.2 Å². The highest BCUT2D eigenvalue weighted by molar-refractivity contribution is 6.33. The molecule has 0 radical (unpaired) electrons. The van der Waals surface area contributed by atoms with Crippen LogP contribution in [-0.2, 0) is 0 Å². The van der Waals surface area contributed by atoms with Crippen molar-refractivity contribution < 1.29 is 9.90 Å². The standard InChI is InChI=1S/C13H11ClN2O3/c14-9-3-7-11(4-10(9)15)16(6-1-2-6)5-8(12(7)17)13(18)19/h3-6H,1-2,15H2,(H,18,19). The molecule has 0 atom stereocenters. The van der Waals surface area contributed by atoms with Gasteiger partial charge in [0.25, 0.3) is 0 Å². The summed E-state index contributed by atoms with van der Waals surface area (Å²) in [5, 5.41) is 9.66. The third-order valence-corrected chi connectivity index (χ3v) is 3.65. The van der Waals surface area contributed by atoms with Crippen LogP contribution in [0.15, 0.2) is 23.1 Å². The van der Waals surface area contributed by atoms with Crippen molar-refractivity contribution in [1.82, 2.24) is 4.57 Å². The first-order chi connectivity index (χ1) is 8.99. The number of hydrogen-bond donors (Lipinski definition) is 2. The van der Waals surface area contributed by atoms with Crippen LogP contribution in [0.3, 0.4) is 0 Å². The second kappa shape index (κ2) is 3.99. The average Bonchev–Trinajstić information content (AvgIpc) is 3.16. The molecule has 1 aliphatic carbocycles. The maximum atomic E-state index is 12.1. The normalized spacial score (nSPS) is 14.8. The summed E-state index contributed by atoms with van der Waals surface area (Å²) in [5.74, 6) is -1.23. The molecule has 1 aliphatic rings. The Hall–Kier alpha value is -2.01. The number of fused-ring (bicyclic) bond motifs is 1.